The Labute approximate surface area is 123 Å². The van der Waals surface area contributed by atoms with E-state index in [9.17, 15) is 4.79 Å². The van der Waals surface area contributed by atoms with Crippen molar-refractivity contribution in [3.05, 3.63) is 28.2 Å². The molecule has 19 heavy (non-hydrogen) atoms. The summed E-state index contributed by atoms with van der Waals surface area (Å²) in [5, 5.41) is 3.58. The molecule has 1 aromatic carbocycles. The number of carbonyl (C=O) groups excluding carboxylic acids is 1. The van der Waals surface area contributed by atoms with Crippen LogP contribution in [0, 0.1) is 0 Å². The minimum atomic E-state index is -0.224. The van der Waals surface area contributed by atoms with E-state index >= 15 is 0 Å². The molecule has 6 heteroatoms. The van der Waals surface area contributed by atoms with Crippen LogP contribution in [-0.4, -0.2) is 31.8 Å². The molecule has 106 valence electrons. The molecule has 0 spiro atoms. The number of ether oxygens (including phenoxy) is 2. The lowest BCUT2D eigenvalue weighted by atomic mass is 10.3. The zero-order valence-corrected chi connectivity index (χ0v) is 12.4. The Balaban J connectivity index is 2.26. The van der Waals surface area contributed by atoms with Gasteiger partial charge in [-0.1, -0.05) is 23.2 Å². The fourth-order valence-electron chi connectivity index (χ4n) is 1.27. The van der Waals surface area contributed by atoms with Crippen LogP contribution in [0.4, 0.5) is 0 Å². The standard InChI is InChI=1S/C13H17Cl2NO3/c1-9(2)18-6-5-16-13(17)8-19-12-4-3-10(14)7-11(12)15/h3-4,7,9H,5-6,8H2,1-2H3,(H,16,17). The van der Waals surface area contributed by atoms with Gasteiger partial charge in [-0.3, -0.25) is 4.79 Å². The molecule has 1 aromatic rings. The van der Waals surface area contributed by atoms with Gasteiger partial charge in [-0.2, -0.15) is 0 Å². The first-order valence-corrected chi connectivity index (χ1v) is 6.71. The largest absolute Gasteiger partial charge is 0.482 e. The molecule has 0 fully saturated rings. The second-order valence-corrected chi connectivity index (χ2v) is 4.98. The number of hydrogen-bond acceptors (Lipinski definition) is 3. The molecule has 0 aliphatic rings. The van der Waals surface area contributed by atoms with Crippen molar-refractivity contribution in [2.75, 3.05) is 19.8 Å². The average Bonchev–Trinajstić information content (AvgIpc) is 2.33. The molecule has 0 atom stereocenters. The Morgan fingerprint density at radius 3 is 2.74 bits per heavy atom. The fraction of sp³-hybridized carbons (Fsp3) is 0.462. The summed E-state index contributed by atoms with van der Waals surface area (Å²) in [5.41, 5.74) is 0. The van der Waals surface area contributed by atoms with Crippen LogP contribution in [0.2, 0.25) is 10.0 Å². The van der Waals surface area contributed by atoms with Crippen LogP contribution >= 0.6 is 23.2 Å². The molecule has 4 nitrogen and oxygen atoms in total. The normalized spacial score (nSPS) is 10.6. The SMILES string of the molecule is CC(C)OCCNC(=O)COc1ccc(Cl)cc1Cl. The predicted molar refractivity (Wildman–Crippen MR) is 76.1 cm³/mol. The summed E-state index contributed by atoms with van der Waals surface area (Å²) < 4.78 is 10.6. The van der Waals surface area contributed by atoms with E-state index in [0.29, 0.717) is 28.9 Å². The Hall–Kier alpha value is -0.970. The van der Waals surface area contributed by atoms with Crippen molar-refractivity contribution < 1.29 is 14.3 Å². The number of nitrogens with one attached hydrogen (secondary N) is 1. The van der Waals surface area contributed by atoms with Crippen LogP contribution < -0.4 is 10.1 Å². The van der Waals surface area contributed by atoms with Crippen molar-refractivity contribution in [1.82, 2.24) is 5.32 Å². The maximum absolute atomic E-state index is 11.5. The second kappa shape index (κ2) is 8.25. The number of hydrogen-bond donors (Lipinski definition) is 1. The summed E-state index contributed by atoms with van der Waals surface area (Å²) in [5.74, 6) is 0.206. The summed E-state index contributed by atoms with van der Waals surface area (Å²) in [6.07, 6.45) is 0.154. The van der Waals surface area contributed by atoms with Crippen LogP contribution in [0.1, 0.15) is 13.8 Å². The van der Waals surface area contributed by atoms with Crippen molar-refractivity contribution >= 4 is 29.1 Å². The number of amides is 1. The Morgan fingerprint density at radius 2 is 2.11 bits per heavy atom. The van der Waals surface area contributed by atoms with Crippen LogP contribution in [0.15, 0.2) is 18.2 Å². The fourth-order valence-corrected chi connectivity index (χ4v) is 1.73. The smallest absolute Gasteiger partial charge is 0.258 e. The molecule has 1 amide bonds. The van der Waals surface area contributed by atoms with Gasteiger partial charge in [-0.05, 0) is 32.0 Å². The molecule has 1 rings (SSSR count). The summed E-state index contributed by atoms with van der Waals surface area (Å²) in [6.45, 7) is 4.71. The van der Waals surface area contributed by atoms with E-state index in [0.717, 1.165) is 0 Å². The number of halogens is 2. The van der Waals surface area contributed by atoms with Gasteiger partial charge >= 0.3 is 0 Å². The van der Waals surface area contributed by atoms with Crippen molar-refractivity contribution in [3.8, 4) is 5.75 Å². The highest BCUT2D eigenvalue weighted by Crippen LogP contribution is 2.27. The van der Waals surface area contributed by atoms with Gasteiger partial charge in [0.25, 0.3) is 5.91 Å². The second-order valence-electron chi connectivity index (χ2n) is 4.13. The maximum atomic E-state index is 11.5. The van der Waals surface area contributed by atoms with Gasteiger partial charge in [0.1, 0.15) is 5.75 Å². The maximum Gasteiger partial charge on any atom is 0.258 e. The third kappa shape index (κ3) is 6.66. The van der Waals surface area contributed by atoms with E-state index in [-0.39, 0.29) is 18.6 Å². The van der Waals surface area contributed by atoms with E-state index < -0.39 is 0 Å². The summed E-state index contributed by atoms with van der Waals surface area (Å²) in [6, 6.07) is 4.84. The van der Waals surface area contributed by atoms with Crippen molar-refractivity contribution in [2.45, 2.75) is 20.0 Å². The zero-order chi connectivity index (χ0) is 14.3. The summed E-state index contributed by atoms with van der Waals surface area (Å²) in [4.78, 5) is 11.5. The quantitative estimate of drug-likeness (QED) is 0.788. The van der Waals surface area contributed by atoms with E-state index in [1.165, 1.54) is 0 Å². The molecule has 0 unspecified atom stereocenters. The lowest BCUT2D eigenvalue weighted by Gasteiger charge is -2.10. The van der Waals surface area contributed by atoms with Crippen LogP contribution in [-0.2, 0) is 9.53 Å². The molecule has 0 radical (unpaired) electrons. The lowest BCUT2D eigenvalue weighted by molar-refractivity contribution is -0.123. The van der Waals surface area contributed by atoms with E-state index in [4.69, 9.17) is 32.7 Å². The van der Waals surface area contributed by atoms with E-state index in [1.54, 1.807) is 18.2 Å². The highest BCUT2D eigenvalue weighted by Gasteiger charge is 2.06. The molecule has 0 saturated carbocycles. The molecular formula is C13H17Cl2NO3. The third-order valence-corrected chi connectivity index (χ3v) is 2.66. The van der Waals surface area contributed by atoms with Gasteiger partial charge in [0.05, 0.1) is 17.7 Å². The molecule has 0 heterocycles. The molecule has 1 N–H and O–H groups in total. The van der Waals surface area contributed by atoms with Gasteiger partial charge < -0.3 is 14.8 Å². The summed E-state index contributed by atoms with van der Waals surface area (Å²) >= 11 is 11.7. The lowest BCUT2D eigenvalue weighted by Crippen LogP contribution is -2.32. The van der Waals surface area contributed by atoms with E-state index in [1.807, 2.05) is 13.8 Å². The Morgan fingerprint density at radius 1 is 1.37 bits per heavy atom. The Bertz CT molecular complexity index is 424. The Kier molecular flexibility index (Phi) is 6.99. The number of benzene rings is 1. The van der Waals surface area contributed by atoms with Gasteiger partial charge in [-0.25, -0.2) is 0 Å². The van der Waals surface area contributed by atoms with Crippen LogP contribution in [0.3, 0.4) is 0 Å². The first kappa shape index (κ1) is 16.1. The zero-order valence-electron chi connectivity index (χ0n) is 10.9. The monoisotopic (exact) mass is 305 g/mol. The molecule has 0 bridgehead atoms. The van der Waals surface area contributed by atoms with Gasteiger partial charge in [0.15, 0.2) is 6.61 Å². The molecule has 0 aromatic heterocycles. The first-order valence-electron chi connectivity index (χ1n) is 5.95. The van der Waals surface area contributed by atoms with Crippen molar-refractivity contribution in [1.29, 1.82) is 0 Å². The highest BCUT2D eigenvalue weighted by molar-refractivity contribution is 6.35. The van der Waals surface area contributed by atoms with Gasteiger partial charge in [0, 0.05) is 11.6 Å². The van der Waals surface area contributed by atoms with Gasteiger partial charge in [-0.15, -0.1) is 0 Å². The molecular weight excluding hydrogens is 289 g/mol. The number of carbonyl (C=O) groups is 1. The van der Waals surface area contributed by atoms with E-state index in [2.05, 4.69) is 5.32 Å². The molecule has 0 aliphatic carbocycles. The van der Waals surface area contributed by atoms with Crippen LogP contribution in [0.5, 0.6) is 5.75 Å². The highest BCUT2D eigenvalue weighted by atomic mass is 35.5. The van der Waals surface area contributed by atoms with Crippen molar-refractivity contribution in [2.24, 2.45) is 0 Å². The topological polar surface area (TPSA) is 47.6 Å². The van der Waals surface area contributed by atoms with Gasteiger partial charge in [0.2, 0.25) is 0 Å². The molecule has 0 aliphatic heterocycles. The minimum Gasteiger partial charge on any atom is -0.482 e. The average molecular weight is 306 g/mol. The first-order chi connectivity index (χ1) is 8.99. The predicted octanol–water partition coefficient (Wildman–Crippen LogP) is 2.91. The number of rotatable bonds is 7. The van der Waals surface area contributed by atoms with Crippen LogP contribution in [0.25, 0.3) is 0 Å². The third-order valence-electron chi connectivity index (χ3n) is 2.13. The molecule has 0 saturated heterocycles. The van der Waals surface area contributed by atoms with Crippen molar-refractivity contribution in [3.63, 3.8) is 0 Å². The minimum absolute atomic E-state index is 0.0942. The summed E-state index contributed by atoms with van der Waals surface area (Å²) in [7, 11) is 0.